The number of hydrogen-bond acceptors (Lipinski definition) is 2. The molecule has 0 aromatic carbocycles. The maximum Gasteiger partial charge on any atom is 0.191 e. The van der Waals surface area contributed by atoms with Gasteiger partial charge >= 0.3 is 0 Å². The van der Waals surface area contributed by atoms with Gasteiger partial charge in [-0.25, -0.2) is 0 Å². The molecule has 0 spiro atoms. The average molecular weight is 396 g/mol. The zero-order valence-corrected chi connectivity index (χ0v) is 16.1. The Bertz CT molecular complexity index is 281. The molecular weight excluding hydrogens is 363 g/mol. The van der Waals surface area contributed by atoms with E-state index in [1.807, 2.05) is 0 Å². The summed E-state index contributed by atoms with van der Waals surface area (Å²) in [7, 11) is 2.21. The average Bonchev–Trinajstić information content (AvgIpc) is 2.36. The third kappa shape index (κ3) is 7.67. The van der Waals surface area contributed by atoms with Crippen LogP contribution in [0, 0.1) is 11.8 Å². The Balaban J connectivity index is 0.00000361. The Labute approximate surface area is 142 Å². The predicted octanol–water partition coefficient (Wildman–Crippen LogP) is 2.55. The van der Waals surface area contributed by atoms with E-state index in [4.69, 9.17) is 4.99 Å². The number of aliphatic imine (C=N–C) groups is 1. The van der Waals surface area contributed by atoms with Crippen molar-refractivity contribution in [2.45, 2.75) is 46.6 Å². The van der Waals surface area contributed by atoms with Crippen molar-refractivity contribution in [2.24, 2.45) is 16.8 Å². The van der Waals surface area contributed by atoms with Crippen molar-refractivity contribution >= 4 is 29.9 Å². The first-order valence-electron chi connectivity index (χ1n) is 7.76. The molecule has 2 N–H and O–H groups in total. The van der Waals surface area contributed by atoms with Crippen LogP contribution in [-0.4, -0.2) is 50.1 Å². The Kier molecular flexibility index (Phi) is 10.6. The lowest BCUT2D eigenvalue weighted by Crippen LogP contribution is -2.44. The first-order valence-corrected chi connectivity index (χ1v) is 7.76. The molecule has 2 unspecified atom stereocenters. The van der Waals surface area contributed by atoms with Crippen molar-refractivity contribution in [3.63, 3.8) is 0 Å². The van der Waals surface area contributed by atoms with Crippen LogP contribution in [0.4, 0.5) is 0 Å². The molecule has 1 aliphatic rings. The summed E-state index contributed by atoms with van der Waals surface area (Å²) >= 11 is 0. The van der Waals surface area contributed by atoms with Gasteiger partial charge in [-0.15, -0.1) is 24.0 Å². The lowest BCUT2D eigenvalue weighted by Gasteiger charge is -2.29. The summed E-state index contributed by atoms with van der Waals surface area (Å²) in [5, 5.41) is 6.84. The Morgan fingerprint density at radius 1 is 1.35 bits per heavy atom. The summed E-state index contributed by atoms with van der Waals surface area (Å²) < 4.78 is 0. The summed E-state index contributed by atoms with van der Waals surface area (Å²) in [5.74, 6) is 2.30. The largest absolute Gasteiger partial charge is 0.357 e. The van der Waals surface area contributed by atoms with Crippen LogP contribution in [-0.2, 0) is 0 Å². The number of likely N-dealkylation sites (tertiary alicyclic amines) is 1. The van der Waals surface area contributed by atoms with Gasteiger partial charge in [-0.3, -0.25) is 4.99 Å². The molecule has 0 amide bonds. The van der Waals surface area contributed by atoms with Gasteiger partial charge in [0.05, 0.1) is 0 Å². The standard InChI is InChI=1S/C15H32N4.HI/c1-6-16-15(18-13(4)12(2)3)17-10-14-8-7-9-19(5)11-14;/h12-14H,6-11H2,1-5H3,(H2,16,17,18);1H. The fraction of sp³-hybridized carbons (Fsp3) is 0.933. The molecule has 0 saturated carbocycles. The Morgan fingerprint density at radius 3 is 2.60 bits per heavy atom. The second-order valence-corrected chi connectivity index (χ2v) is 6.17. The van der Waals surface area contributed by atoms with Crippen molar-refractivity contribution in [3.8, 4) is 0 Å². The van der Waals surface area contributed by atoms with Crippen LogP contribution in [0.2, 0.25) is 0 Å². The van der Waals surface area contributed by atoms with Crippen LogP contribution in [0.15, 0.2) is 4.99 Å². The molecule has 0 radical (unpaired) electrons. The molecule has 2 atom stereocenters. The van der Waals surface area contributed by atoms with Gasteiger partial charge in [-0.2, -0.15) is 0 Å². The fourth-order valence-electron chi connectivity index (χ4n) is 2.34. The van der Waals surface area contributed by atoms with Gasteiger partial charge in [0.25, 0.3) is 0 Å². The molecule has 1 heterocycles. The molecule has 1 saturated heterocycles. The number of piperidine rings is 1. The van der Waals surface area contributed by atoms with Crippen LogP contribution in [0.25, 0.3) is 0 Å². The number of halogens is 1. The van der Waals surface area contributed by atoms with E-state index in [0.717, 1.165) is 19.0 Å². The highest BCUT2D eigenvalue weighted by Gasteiger charge is 2.17. The number of rotatable bonds is 5. The van der Waals surface area contributed by atoms with Gasteiger partial charge in [0.2, 0.25) is 0 Å². The highest BCUT2D eigenvalue weighted by molar-refractivity contribution is 14.0. The first kappa shape index (κ1) is 20.0. The molecule has 5 heteroatoms. The van der Waals surface area contributed by atoms with Crippen LogP contribution >= 0.6 is 24.0 Å². The number of hydrogen-bond donors (Lipinski definition) is 2. The van der Waals surface area contributed by atoms with E-state index in [0.29, 0.717) is 17.9 Å². The van der Waals surface area contributed by atoms with E-state index in [1.54, 1.807) is 0 Å². The first-order chi connectivity index (χ1) is 9.02. The van der Waals surface area contributed by atoms with Crippen LogP contribution in [0.1, 0.15) is 40.5 Å². The van der Waals surface area contributed by atoms with Crippen molar-refractivity contribution in [2.75, 3.05) is 33.2 Å². The molecule has 0 bridgehead atoms. The summed E-state index contributed by atoms with van der Waals surface area (Å²) in [6.45, 7) is 13.1. The van der Waals surface area contributed by atoms with E-state index < -0.39 is 0 Å². The summed E-state index contributed by atoms with van der Waals surface area (Å²) in [4.78, 5) is 7.18. The van der Waals surface area contributed by atoms with Crippen LogP contribution < -0.4 is 10.6 Å². The highest BCUT2D eigenvalue weighted by atomic mass is 127. The predicted molar refractivity (Wildman–Crippen MR) is 99.1 cm³/mol. The molecular formula is C15H33IN4. The minimum absolute atomic E-state index is 0. The van der Waals surface area contributed by atoms with Gasteiger partial charge in [0, 0.05) is 25.7 Å². The van der Waals surface area contributed by atoms with Crippen LogP contribution in [0.5, 0.6) is 0 Å². The fourth-order valence-corrected chi connectivity index (χ4v) is 2.34. The zero-order chi connectivity index (χ0) is 14.3. The molecule has 1 fully saturated rings. The maximum absolute atomic E-state index is 4.76. The second-order valence-electron chi connectivity index (χ2n) is 6.17. The molecule has 120 valence electrons. The summed E-state index contributed by atoms with van der Waals surface area (Å²) in [5.41, 5.74) is 0. The maximum atomic E-state index is 4.76. The van der Waals surface area contributed by atoms with E-state index >= 15 is 0 Å². The molecule has 1 aliphatic heterocycles. The molecule has 0 aromatic heterocycles. The zero-order valence-electron chi connectivity index (χ0n) is 13.8. The van der Waals surface area contributed by atoms with Gasteiger partial charge in [0.1, 0.15) is 0 Å². The van der Waals surface area contributed by atoms with Crippen molar-refractivity contribution in [1.82, 2.24) is 15.5 Å². The quantitative estimate of drug-likeness (QED) is 0.426. The minimum atomic E-state index is 0. The number of nitrogens with one attached hydrogen (secondary N) is 2. The van der Waals surface area contributed by atoms with Gasteiger partial charge in [0.15, 0.2) is 5.96 Å². The van der Waals surface area contributed by atoms with E-state index in [9.17, 15) is 0 Å². The van der Waals surface area contributed by atoms with Gasteiger partial charge < -0.3 is 15.5 Å². The van der Waals surface area contributed by atoms with E-state index in [2.05, 4.69) is 50.3 Å². The highest BCUT2D eigenvalue weighted by Crippen LogP contribution is 2.15. The van der Waals surface area contributed by atoms with E-state index in [1.165, 1.54) is 25.9 Å². The lowest BCUT2D eigenvalue weighted by atomic mass is 9.99. The third-order valence-electron chi connectivity index (χ3n) is 3.94. The summed E-state index contributed by atoms with van der Waals surface area (Å²) in [6, 6.07) is 0.451. The lowest BCUT2D eigenvalue weighted by molar-refractivity contribution is 0.214. The SMILES string of the molecule is CCNC(=NCC1CCCN(C)C1)NC(C)C(C)C.I. The van der Waals surface area contributed by atoms with Gasteiger partial charge in [-0.1, -0.05) is 13.8 Å². The van der Waals surface area contributed by atoms with Crippen molar-refractivity contribution in [1.29, 1.82) is 0 Å². The third-order valence-corrected chi connectivity index (χ3v) is 3.94. The molecule has 0 aromatic rings. The smallest absolute Gasteiger partial charge is 0.191 e. The van der Waals surface area contributed by atoms with Gasteiger partial charge in [-0.05, 0) is 52.1 Å². The summed E-state index contributed by atoms with van der Waals surface area (Å²) in [6.07, 6.45) is 2.62. The Morgan fingerprint density at radius 2 is 2.05 bits per heavy atom. The molecule has 0 aliphatic carbocycles. The number of nitrogens with zero attached hydrogens (tertiary/aromatic N) is 2. The topological polar surface area (TPSA) is 39.7 Å². The molecule has 1 rings (SSSR count). The second kappa shape index (κ2) is 10.7. The number of guanidine groups is 1. The Hall–Kier alpha value is -0.0400. The minimum Gasteiger partial charge on any atom is -0.357 e. The van der Waals surface area contributed by atoms with Crippen LogP contribution in [0.3, 0.4) is 0 Å². The normalized spacial score (nSPS) is 22.3. The van der Waals surface area contributed by atoms with E-state index in [-0.39, 0.29) is 24.0 Å². The molecule has 20 heavy (non-hydrogen) atoms. The van der Waals surface area contributed by atoms with Crippen molar-refractivity contribution in [3.05, 3.63) is 0 Å². The monoisotopic (exact) mass is 396 g/mol. The molecule has 4 nitrogen and oxygen atoms in total. The van der Waals surface area contributed by atoms with Crippen molar-refractivity contribution < 1.29 is 0 Å².